The van der Waals surface area contributed by atoms with Gasteiger partial charge >= 0.3 is 0 Å². The van der Waals surface area contributed by atoms with Gasteiger partial charge in [0.25, 0.3) is 5.91 Å². The summed E-state index contributed by atoms with van der Waals surface area (Å²) in [5.74, 6) is 2.03. The summed E-state index contributed by atoms with van der Waals surface area (Å²) >= 11 is 6.47. The van der Waals surface area contributed by atoms with Gasteiger partial charge in [-0.15, -0.1) is 0 Å². The normalized spacial score (nSPS) is 15.1. The first-order valence-electron chi connectivity index (χ1n) is 9.29. The number of hydrogen-bond donors (Lipinski definition) is 0. The number of thiocarbonyl (C=S) groups is 1. The summed E-state index contributed by atoms with van der Waals surface area (Å²) in [6.45, 7) is 5.25. The number of rotatable bonds is 8. The molecule has 1 amide bonds. The van der Waals surface area contributed by atoms with Crippen LogP contribution in [0.2, 0.25) is 0 Å². The molecule has 5 nitrogen and oxygen atoms in total. The second-order valence-electron chi connectivity index (χ2n) is 6.34. The molecule has 1 fully saturated rings. The molecule has 0 bridgehead atoms. The smallest absolute Gasteiger partial charge is 0.265 e. The van der Waals surface area contributed by atoms with E-state index >= 15 is 0 Å². The quantitative estimate of drug-likeness (QED) is 0.345. The van der Waals surface area contributed by atoms with E-state index in [1.807, 2.05) is 62.4 Å². The Balaban J connectivity index is 1.66. The third-order valence-electron chi connectivity index (χ3n) is 4.24. The van der Waals surface area contributed by atoms with Crippen molar-refractivity contribution in [1.29, 1.82) is 0 Å². The van der Waals surface area contributed by atoms with Gasteiger partial charge in [0.15, 0.2) is 11.5 Å². The molecule has 2 aromatic carbocycles. The van der Waals surface area contributed by atoms with E-state index in [1.54, 1.807) is 7.05 Å². The van der Waals surface area contributed by atoms with Crippen LogP contribution in [0.3, 0.4) is 0 Å². The zero-order valence-electron chi connectivity index (χ0n) is 16.6. The molecular weight excluding hydrogens is 406 g/mol. The molecule has 0 saturated carbocycles. The number of likely N-dealkylation sites (N-methyl/N-ethyl adjacent to an activating group) is 1. The standard InChI is InChI=1S/C22H23NO4S2/c1-4-25-19-13-16(14-20-21(24)23(3)22(28)29-20)9-10-18(19)27-12-11-26-17-8-6-5-7-15(17)2/h5-10,13-14H,4,11-12H2,1-3H3. The zero-order valence-corrected chi connectivity index (χ0v) is 18.3. The van der Waals surface area contributed by atoms with E-state index in [0.717, 1.165) is 16.9 Å². The second kappa shape index (κ2) is 9.80. The van der Waals surface area contributed by atoms with E-state index in [0.29, 0.717) is 40.5 Å². The van der Waals surface area contributed by atoms with Crippen LogP contribution in [0.1, 0.15) is 18.1 Å². The monoisotopic (exact) mass is 429 g/mol. The molecule has 2 aromatic rings. The fraction of sp³-hybridized carbons (Fsp3) is 0.273. The van der Waals surface area contributed by atoms with Crippen LogP contribution in [0.25, 0.3) is 6.08 Å². The lowest BCUT2D eigenvalue weighted by atomic mass is 10.2. The maximum atomic E-state index is 12.2. The summed E-state index contributed by atoms with van der Waals surface area (Å²) in [5.41, 5.74) is 1.94. The molecular formula is C22H23NO4S2. The SMILES string of the molecule is CCOc1cc(C=C2SC(=S)N(C)C2=O)ccc1OCCOc1ccccc1C. The van der Waals surface area contributed by atoms with Crippen molar-refractivity contribution < 1.29 is 19.0 Å². The van der Waals surface area contributed by atoms with Crippen LogP contribution >= 0.6 is 24.0 Å². The van der Waals surface area contributed by atoms with E-state index in [2.05, 4.69) is 0 Å². The molecule has 152 valence electrons. The zero-order chi connectivity index (χ0) is 20.8. The summed E-state index contributed by atoms with van der Waals surface area (Å²) in [6.07, 6.45) is 1.82. The number of thioether (sulfide) groups is 1. The number of carbonyl (C=O) groups excluding carboxylic acids is 1. The maximum absolute atomic E-state index is 12.2. The first-order chi connectivity index (χ1) is 14.0. The van der Waals surface area contributed by atoms with Crippen molar-refractivity contribution in [2.24, 2.45) is 0 Å². The van der Waals surface area contributed by atoms with E-state index < -0.39 is 0 Å². The fourth-order valence-electron chi connectivity index (χ4n) is 2.72. The molecule has 0 unspecified atom stereocenters. The molecule has 1 heterocycles. The molecule has 1 aliphatic heterocycles. The van der Waals surface area contributed by atoms with Crippen LogP contribution in [0.4, 0.5) is 0 Å². The van der Waals surface area contributed by atoms with Gasteiger partial charge in [-0.1, -0.05) is 48.2 Å². The van der Waals surface area contributed by atoms with Crippen LogP contribution in [-0.4, -0.2) is 42.0 Å². The van der Waals surface area contributed by atoms with Gasteiger partial charge in [0.1, 0.15) is 23.3 Å². The van der Waals surface area contributed by atoms with Crippen molar-refractivity contribution in [1.82, 2.24) is 4.90 Å². The van der Waals surface area contributed by atoms with Gasteiger partial charge in [-0.25, -0.2) is 0 Å². The lowest BCUT2D eigenvalue weighted by molar-refractivity contribution is -0.121. The van der Waals surface area contributed by atoms with E-state index in [1.165, 1.54) is 16.7 Å². The van der Waals surface area contributed by atoms with Gasteiger partial charge in [0, 0.05) is 7.05 Å². The number of carbonyl (C=O) groups is 1. The van der Waals surface area contributed by atoms with Crippen molar-refractivity contribution in [3.05, 3.63) is 58.5 Å². The number of amides is 1. The van der Waals surface area contributed by atoms with Crippen molar-refractivity contribution >= 4 is 40.3 Å². The molecule has 0 aliphatic carbocycles. The van der Waals surface area contributed by atoms with Gasteiger partial charge in [0.2, 0.25) is 0 Å². The minimum Gasteiger partial charge on any atom is -0.490 e. The summed E-state index contributed by atoms with van der Waals surface area (Å²) in [6, 6.07) is 13.5. The third-order valence-corrected chi connectivity index (χ3v) is 5.73. The van der Waals surface area contributed by atoms with Crippen molar-refractivity contribution in [2.45, 2.75) is 13.8 Å². The highest BCUT2D eigenvalue weighted by Gasteiger charge is 2.28. The number of aryl methyl sites for hydroxylation is 1. The van der Waals surface area contributed by atoms with Crippen LogP contribution in [0.15, 0.2) is 47.4 Å². The Hall–Kier alpha value is -2.51. The predicted octanol–water partition coefficient (Wildman–Crippen LogP) is 4.68. The van der Waals surface area contributed by atoms with Crippen molar-refractivity contribution in [3.63, 3.8) is 0 Å². The molecule has 1 aliphatic rings. The minimum atomic E-state index is -0.0911. The number of nitrogens with zero attached hydrogens (tertiary/aromatic N) is 1. The van der Waals surface area contributed by atoms with Gasteiger partial charge in [-0.05, 0) is 49.2 Å². The highest BCUT2D eigenvalue weighted by atomic mass is 32.2. The Morgan fingerprint density at radius 2 is 1.76 bits per heavy atom. The molecule has 0 radical (unpaired) electrons. The summed E-state index contributed by atoms with van der Waals surface area (Å²) in [4.78, 5) is 14.3. The number of hydrogen-bond acceptors (Lipinski definition) is 6. The molecule has 29 heavy (non-hydrogen) atoms. The summed E-state index contributed by atoms with van der Waals surface area (Å²) in [7, 11) is 1.68. The molecule has 0 aromatic heterocycles. The largest absolute Gasteiger partial charge is 0.490 e. The average molecular weight is 430 g/mol. The van der Waals surface area contributed by atoms with Gasteiger partial charge in [0.05, 0.1) is 11.5 Å². The van der Waals surface area contributed by atoms with Gasteiger partial charge < -0.3 is 14.2 Å². The van der Waals surface area contributed by atoms with Crippen LogP contribution < -0.4 is 14.2 Å². The number of benzene rings is 2. The molecule has 3 rings (SSSR count). The maximum Gasteiger partial charge on any atom is 0.265 e. The fourth-order valence-corrected chi connectivity index (χ4v) is 3.90. The van der Waals surface area contributed by atoms with Crippen molar-refractivity contribution in [3.8, 4) is 17.2 Å². The summed E-state index contributed by atoms with van der Waals surface area (Å²) in [5, 5.41) is 0. The Bertz CT molecular complexity index is 942. The third kappa shape index (κ3) is 5.31. The summed E-state index contributed by atoms with van der Waals surface area (Å²) < 4.78 is 17.9. The molecule has 7 heteroatoms. The number of para-hydroxylation sites is 1. The first-order valence-corrected chi connectivity index (χ1v) is 10.5. The Kier molecular flexibility index (Phi) is 7.17. The predicted molar refractivity (Wildman–Crippen MR) is 121 cm³/mol. The Morgan fingerprint density at radius 1 is 1.03 bits per heavy atom. The number of ether oxygens (including phenoxy) is 3. The average Bonchev–Trinajstić information content (AvgIpc) is 2.95. The van der Waals surface area contributed by atoms with E-state index in [9.17, 15) is 4.79 Å². The highest BCUT2D eigenvalue weighted by molar-refractivity contribution is 8.26. The molecule has 0 spiro atoms. The lowest BCUT2D eigenvalue weighted by Gasteiger charge is -2.14. The Morgan fingerprint density at radius 3 is 2.41 bits per heavy atom. The van der Waals surface area contributed by atoms with Crippen molar-refractivity contribution in [2.75, 3.05) is 26.9 Å². The van der Waals surface area contributed by atoms with E-state index in [-0.39, 0.29) is 5.91 Å². The Labute approximate surface area is 180 Å². The van der Waals surface area contributed by atoms with Gasteiger partial charge in [-0.2, -0.15) is 0 Å². The molecule has 1 saturated heterocycles. The topological polar surface area (TPSA) is 48.0 Å². The lowest BCUT2D eigenvalue weighted by Crippen LogP contribution is -2.22. The molecule has 0 atom stereocenters. The second-order valence-corrected chi connectivity index (χ2v) is 8.02. The highest BCUT2D eigenvalue weighted by Crippen LogP contribution is 2.34. The minimum absolute atomic E-state index is 0.0911. The van der Waals surface area contributed by atoms with Crippen LogP contribution in [-0.2, 0) is 4.79 Å². The van der Waals surface area contributed by atoms with Gasteiger partial charge in [-0.3, -0.25) is 9.69 Å². The van der Waals surface area contributed by atoms with Crippen LogP contribution in [0.5, 0.6) is 17.2 Å². The van der Waals surface area contributed by atoms with E-state index in [4.69, 9.17) is 26.4 Å². The first kappa shape index (κ1) is 21.2. The van der Waals surface area contributed by atoms with Crippen LogP contribution in [0, 0.1) is 6.92 Å². The molecule has 0 N–H and O–H groups in total.